The number of ether oxygens (including phenoxy) is 1. The zero-order valence-electron chi connectivity index (χ0n) is 10.6. The summed E-state index contributed by atoms with van der Waals surface area (Å²) in [6.07, 6.45) is 5.40. The van der Waals surface area contributed by atoms with E-state index in [-0.39, 0.29) is 6.04 Å². The van der Waals surface area contributed by atoms with Crippen molar-refractivity contribution in [2.45, 2.75) is 37.1 Å². The van der Waals surface area contributed by atoms with E-state index in [4.69, 9.17) is 22.1 Å². The van der Waals surface area contributed by atoms with Crippen LogP contribution in [0.25, 0.3) is 0 Å². The van der Waals surface area contributed by atoms with Crippen molar-refractivity contribution in [2.75, 3.05) is 19.5 Å². The van der Waals surface area contributed by atoms with E-state index in [9.17, 15) is 0 Å². The molecule has 2 heterocycles. The van der Waals surface area contributed by atoms with Gasteiger partial charge in [0.05, 0.1) is 36.1 Å². The van der Waals surface area contributed by atoms with E-state index in [0.29, 0.717) is 23.4 Å². The molecular weight excluding hydrogens is 270 g/mol. The van der Waals surface area contributed by atoms with Gasteiger partial charge in [-0.25, -0.2) is 0 Å². The minimum absolute atomic E-state index is 0.0397. The number of nitrogens with two attached hydrogens (primary N) is 1. The Balaban J connectivity index is 2.12. The van der Waals surface area contributed by atoms with Crippen LogP contribution in [0.15, 0.2) is 6.20 Å². The number of nitrogens with zero attached hydrogens (tertiary/aromatic N) is 2. The number of thioether (sulfide) groups is 1. The summed E-state index contributed by atoms with van der Waals surface area (Å²) in [5.41, 5.74) is 7.33. The van der Waals surface area contributed by atoms with E-state index in [2.05, 4.69) is 5.10 Å². The molecule has 4 nitrogen and oxygen atoms in total. The highest BCUT2D eigenvalue weighted by atomic mass is 35.5. The smallest absolute Gasteiger partial charge is 0.0834 e. The van der Waals surface area contributed by atoms with E-state index < -0.39 is 0 Å². The fourth-order valence-electron chi connectivity index (χ4n) is 2.28. The van der Waals surface area contributed by atoms with Gasteiger partial charge in [0.25, 0.3) is 0 Å². The van der Waals surface area contributed by atoms with Crippen molar-refractivity contribution in [1.82, 2.24) is 9.78 Å². The van der Waals surface area contributed by atoms with Gasteiger partial charge in [0.1, 0.15) is 0 Å². The maximum atomic E-state index is 6.38. The largest absolute Gasteiger partial charge is 0.383 e. The minimum Gasteiger partial charge on any atom is -0.383 e. The summed E-state index contributed by atoms with van der Waals surface area (Å²) >= 11 is 8.18. The Morgan fingerprint density at radius 3 is 3.17 bits per heavy atom. The van der Waals surface area contributed by atoms with E-state index >= 15 is 0 Å². The molecule has 0 aliphatic carbocycles. The van der Waals surface area contributed by atoms with Crippen molar-refractivity contribution in [2.24, 2.45) is 5.73 Å². The van der Waals surface area contributed by atoms with Crippen molar-refractivity contribution in [1.29, 1.82) is 0 Å². The first-order valence-corrected chi connectivity index (χ1v) is 7.74. The van der Waals surface area contributed by atoms with Crippen LogP contribution >= 0.6 is 23.4 Å². The third kappa shape index (κ3) is 3.20. The molecule has 102 valence electrons. The molecule has 0 spiro atoms. The molecule has 0 bridgehead atoms. The second-order valence-corrected chi connectivity index (χ2v) is 6.28. The zero-order chi connectivity index (χ0) is 13.0. The number of hydrogen-bond acceptors (Lipinski definition) is 4. The van der Waals surface area contributed by atoms with Crippen LogP contribution in [0, 0.1) is 0 Å². The first-order valence-electron chi connectivity index (χ1n) is 6.31. The fraction of sp³-hybridized carbons (Fsp3) is 0.750. The van der Waals surface area contributed by atoms with E-state index in [1.807, 2.05) is 16.4 Å². The third-order valence-corrected chi connectivity index (χ3v) is 5.04. The van der Waals surface area contributed by atoms with Crippen LogP contribution in [0.3, 0.4) is 0 Å². The van der Waals surface area contributed by atoms with Gasteiger partial charge in [0.2, 0.25) is 0 Å². The molecular formula is C12H20ClN3OS. The van der Waals surface area contributed by atoms with Gasteiger partial charge in [0, 0.05) is 12.4 Å². The summed E-state index contributed by atoms with van der Waals surface area (Å²) in [6, 6.07) is -0.0397. The molecule has 1 fully saturated rings. The Labute approximate surface area is 117 Å². The van der Waals surface area contributed by atoms with Crippen LogP contribution in [0.5, 0.6) is 0 Å². The van der Waals surface area contributed by atoms with Gasteiger partial charge >= 0.3 is 0 Å². The lowest BCUT2D eigenvalue weighted by atomic mass is 10.0. The molecule has 1 aliphatic heterocycles. The molecule has 2 N–H and O–H groups in total. The van der Waals surface area contributed by atoms with Gasteiger partial charge < -0.3 is 10.5 Å². The summed E-state index contributed by atoms with van der Waals surface area (Å²) in [6.45, 7) is 1.32. The highest BCUT2D eigenvalue weighted by Gasteiger charge is 2.27. The number of aromatic nitrogens is 2. The van der Waals surface area contributed by atoms with Crippen molar-refractivity contribution in [3.63, 3.8) is 0 Å². The Kier molecular flexibility index (Phi) is 5.36. The molecule has 2 rings (SSSR count). The standard InChI is InChI=1S/C12H20ClN3OS/c1-17-6-5-16-12(9(13)8-15-16)11(14)10-4-2-3-7-18-10/h8,10-11H,2-7,14H2,1H3. The van der Waals surface area contributed by atoms with Gasteiger partial charge in [-0.3, -0.25) is 4.68 Å². The minimum atomic E-state index is -0.0397. The second kappa shape index (κ2) is 6.80. The SMILES string of the molecule is COCCn1ncc(Cl)c1C(N)C1CCCCS1. The van der Waals surface area contributed by atoms with Crippen molar-refractivity contribution < 1.29 is 4.74 Å². The fourth-order valence-corrected chi connectivity index (χ4v) is 3.89. The monoisotopic (exact) mass is 289 g/mol. The summed E-state index contributed by atoms with van der Waals surface area (Å²) in [4.78, 5) is 0. The quantitative estimate of drug-likeness (QED) is 0.905. The molecule has 0 aromatic carbocycles. The summed E-state index contributed by atoms with van der Waals surface area (Å²) in [7, 11) is 1.68. The Hall–Kier alpha value is -0.230. The Morgan fingerprint density at radius 2 is 2.50 bits per heavy atom. The predicted molar refractivity (Wildman–Crippen MR) is 76.1 cm³/mol. The maximum Gasteiger partial charge on any atom is 0.0834 e. The number of rotatable bonds is 5. The Morgan fingerprint density at radius 1 is 1.67 bits per heavy atom. The highest BCUT2D eigenvalue weighted by molar-refractivity contribution is 8.00. The molecule has 1 saturated heterocycles. The van der Waals surface area contributed by atoms with Crippen molar-refractivity contribution >= 4 is 23.4 Å². The van der Waals surface area contributed by atoms with E-state index in [0.717, 1.165) is 12.1 Å². The first kappa shape index (κ1) is 14.2. The molecule has 2 unspecified atom stereocenters. The van der Waals surface area contributed by atoms with Gasteiger partial charge in [-0.05, 0) is 18.6 Å². The molecule has 1 aliphatic rings. The van der Waals surface area contributed by atoms with Gasteiger partial charge in [-0.2, -0.15) is 16.9 Å². The summed E-state index contributed by atoms with van der Waals surface area (Å²) in [5.74, 6) is 1.20. The normalized spacial score (nSPS) is 22.1. The molecule has 2 atom stereocenters. The summed E-state index contributed by atoms with van der Waals surface area (Å²) < 4.78 is 6.97. The van der Waals surface area contributed by atoms with Gasteiger partial charge in [-0.1, -0.05) is 18.0 Å². The number of methoxy groups -OCH3 is 1. The lowest BCUT2D eigenvalue weighted by Crippen LogP contribution is -2.29. The topological polar surface area (TPSA) is 53.1 Å². The highest BCUT2D eigenvalue weighted by Crippen LogP contribution is 2.35. The third-order valence-electron chi connectivity index (χ3n) is 3.27. The molecule has 0 radical (unpaired) electrons. The van der Waals surface area contributed by atoms with Gasteiger partial charge in [-0.15, -0.1) is 0 Å². The van der Waals surface area contributed by atoms with Gasteiger partial charge in [0.15, 0.2) is 0 Å². The van der Waals surface area contributed by atoms with Crippen molar-refractivity contribution in [3.8, 4) is 0 Å². The number of halogens is 1. The first-order chi connectivity index (χ1) is 8.74. The zero-order valence-corrected chi connectivity index (χ0v) is 12.2. The Bertz CT molecular complexity index is 379. The summed E-state index contributed by atoms with van der Waals surface area (Å²) in [5, 5.41) is 5.41. The second-order valence-electron chi connectivity index (χ2n) is 4.52. The van der Waals surface area contributed by atoms with Crippen LogP contribution in [0.4, 0.5) is 0 Å². The van der Waals surface area contributed by atoms with E-state index in [1.165, 1.54) is 18.6 Å². The maximum absolute atomic E-state index is 6.38. The molecule has 1 aromatic heterocycles. The van der Waals surface area contributed by atoms with Crippen LogP contribution in [0.2, 0.25) is 5.02 Å². The lowest BCUT2D eigenvalue weighted by molar-refractivity contribution is 0.182. The molecule has 0 saturated carbocycles. The predicted octanol–water partition coefficient (Wildman–Crippen LogP) is 2.47. The average molecular weight is 290 g/mol. The van der Waals surface area contributed by atoms with Crippen molar-refractivity contribution in [3.05, 3.63) is 16.9 Å². The molecule has 18 heavy (non-hydrogen) atoms. The van der Waals surface area contributed by atoms with Crippen LogP contribution < -0.4 is 5.73 Å². The van der Waals surface area contributed by atoms with Crippen LogP contribution in [-0.2, 0) is 11.3 Å². The van der Waals surface area contributed by atoms with Crippen LogP contribution in [0.1, 0.15) is 31.0 Å². The number of hydrogen-bond donors (Lipinski definition) is 1. The lowest BCUT2D eigenvalue weighted by Gasteiger charge is -2.27. The molecule has 6 heteroatoms. The molecule has 0 amide bonds. The van der Waals surface area contributed by atoms with E-state index in [1.54, 1.807) is 13.3 Å². The van der Waals surface area contributed by atoms with Crippen LogP contribution in [-0.4, -0.2) is 34.5 Å². The molecule has 1 aromatic rings. The average Bonchev–Trinajstić information content (AvgIpc) is 2.77.